The number of hydrogen-bond donors (Lipinski definition) is 1. The summed E-state index contributed by atoms with van der Waals surface area (Å²) in [5.74, 6) is -0.875. The Morgan fingerprint density at radius 1 is 0.822 bits per heavy atom. The number of benzene rings is 4. The molecule has 4 aromatic carbocycles. The van der Waals surface area contributed by atoms with E-state index in [0.717, 1.165) is 26.6 Å². The van der Waals surface area contributed by atoms with Gasteiger partial charge in [0.2, 0.25) is 11.8 Å². The van der Waals surface area contributed by atoms with E-state index in [4.69, 9.17) is 11.6 Å². The lowest BCUT2D eigenvalue weighted by Gasteiger charge is -2.34. The second-order valence-corrected chi connectivity index (χ2v) is 13.8. The molecule has 2 amide bonds. The fourth-order valence-electron chi connectivity index (χ4n) is 5.10. The van der Waals surface area contributed by atoms with Crippen LogP contribution in [-0.2, 0) is 32.6 Å². The van der Waals surface area contributed by atoms with Gasteiger partial charge in [-0.15, -0.1) is 0 Å². The number of halogens is 1. The largest absolute Gasteiger partial charge is 0.352 e. The van der Waals surface area contributed by atoms with Crippen molar-refractivity contribution < 1.29 is 18.0 Å². The van der Waals surface area contributed by atoms with Crippen LogP contribution >= 0.6 is 11.6 Å². The van der Waals surface area contributed by atoms with E-state index < -0.39 is 28.5 Å². The lowest BCUT2D eigenvalue weighted by molar-refractivity contribution is -0.140. The SMILES string of the molecule is Cc1ccc(S(=O)(=O)N(CC(=O)N(Cc2ccccc2Cl)[C@H](Cc2ccccc2)C(=O)NC(C)C)c2cccc(C)c2C)cc1. The highest BCUT2D eigenvalue weighted by atomic mass is 35.5. The Balaban J connectivity index is 1.85. The molecule has 0 aromatic heterocycles. The zero-order valence-corrected chi connectivity index (χ0v) is 27.9. The van der Waals surface area contributed by atoms with Crippen molar-refractivity contribution >= 4 is 39.1 Å². The normalized spacial score (nSPS) is 12.1. The second-order valence-electron chi connectivity index (χ2n) is 11.5. The number of nitrogens with one attached hydrogen (secondary N) is 1. The first-order valence-corrected chi connectivity index (χ1v) is 16.7. The Kier molecular flexibility index (Phi) is 11.1. The average molecular weight is 646 g/mol. The van der Waals surface area contributed by atoms with Crippen LogP contribution in [0, 0.1) is 20.8 Å². The standard InChI is InChI=1S/C36H40ClN3O4S/c1-25(2)38-36(42)34(22-29-13-7-6-8-14-29)39(23-30-15-9-10-16-32(30)37)35(41)24-40(33-17-11-12-27(4)28(33)5)45(43,44)31-20-18-26(3)19-21-31/h6-21,25,34H,22-24H2,1-5H3,(H,38,42)/t34-/m1/s1. The first kappa shape index (κ1) is 33.7. The van der Waals surface area contributed by atoms with Crippen molar-refractivity contribution in [2.45, 2.75) is 64.6 Å². The number of amides is 2. The Labute approximate surface area is 271 Å². The first-order chi connectivity index (χ1) is 21.4. The Morgan fingerprint density at radius 3 is 2.11 bits per heavy atom. The summed E-state index contributed by atoms with van der Waals surface area (Å²) < 4.78 is 29.7. The molecule has 0 saturated carbocycles. The molecule has 1 N–H and O–H groups in total. The maximum absolute atomic E-state index is 14.6. The summed E-state index contributed by atoms with van der Waals surface area (Å²) in [4.78, 5) is 29.9. The van der Waals surface area contributed by atoms with Crippen molar-refractivity contribution in [3.63, 3.8) is 0 Å². The van der Waals surface area contributed by atoms with Crippen molar-refractivity contribution in [3.05, 3.63) is 130 Å². The Hall–Kier alpha value is -4.14. The fourth-order valence-corrected chi connectivity index (χ4v) is 6.77. The molecule has 1 atom stereocenters. The summed E-state index contributed by atoms with van der Waals surface area (Å²) in [6, 6.07) is 27.4. The quantitative estimate of drug-likeness (QED) is 0.188. The van der Waals surface area contributed by atoms with Crippen molar-refractivity contribution in [2.24, 2.45) is 0 Å². The molecule has 0 heterocycles. The highest BCUT2D eigenvalue weighted by molar-refractivity contribution is 7.92. The van der Waals surface area contributed by atoms with E-state index >= 15 is 0 Å². The van der Waals surface area contributed by atoms with Crippen LogP contribution in [0.1, 0.15) is 41.7 Å². The number of sulfonamides is 1. The van der Waals surface area contributed by atoms with Crippen LogP contribution in [0.25, 0.3) is 0 Å². The molecule has 0 fully saturated rings. The summed E-state index contributed by atoms with van der Waals surface area (Å²) in [6.07, 6.45) is 0.226. The van der Waals surface area contributed by atoms with Crippen LogP contribution < -0.4 is 9.62 Å². The van der Waals surface area contributed by atoms with E-state index in [2.05, 4.69) is 5.32 Å². The molecule has 4 aromatic rings. The monoisotopic (exact) mass is 645 g/mol. The minimum atomic E-state index is -4.18. The molecule has 0 saturated heterocycles. The van der Waals surface area contributed by atoms with E-state index in [1.54, 1.807) is 54.6 Å². The number of carbonyl (C=O) groups is 2. The highest BCUT2D eigenvalue weighted by Crippen LogP contribution is 2.30. The van der Waals surface area contributed by atoms with E-state index in [-0.39, 0.29) is 29.8 Å². The topological polar surface area (TPSA) is 86.8 Å². The number of nitrogens with zero attached hydrogens (tertiary/aromatic N) is 2. The van der Waals surface area contributed by atoms with Gasteiger partial charge >= 0.3 is 0 Å². The van der Waals surface area contributed by atoms with Gasteiger partial charge in [-0.1, -0.05) is 90.0 Å². The molecule has 0 aliphatic rings. The highest BCUT2D eigenvalue weighted by Gasteiger charge is 2.35. The smallest absolute Gasteiger partial charge is 0.264 e. The summed E-state index contributed by atoms with van der Waals surface area (Å²) in [7, 11) is -4.18. The van der Waals surface area contributed by atoms with Crippen LogP contribution in [-0.4, -0.2) is 43.8 Å². The van der Waals surface area contributed by atoms with Gasteiger partial charge in [0.15, 0.2) is 0 Å². The molecule has 0 bridgehead atoms. The summed E-state index contributed by atoms with van der Waals surface area (Å²) in [5, 5.41) is 3.41. The zero-order valence-electron chi connectivity index (χ0n) is 26.3. The van der Waals surface area contributed by atoms with Gasteiger partial charge in [-0.05, 0) is 81.1 Å². The van der Waals surface area contributed by atoms with Crippen LogP contribution in [0.15, 0.2) is 102 Å². The van der Waals surface area contributed by atoms with E-state index in [1.165, 1.54) is 4.90 Å². The van der Waals surface area contributed by atoms with Gasteiger partial charge in [0.05, 0.1) is 10.6 Å². The molecule has 0 radical (unpaired) electrons. The molecule has 0 spiro atoms. The number of aryl methyl sites for hydroxylation is 2. The Bertz CT molecular complexity index is 1740. The van der Waals surface area contributed by atoms with Gasteiger partial charge in [0.25, 0.3) is 10.0 Å². The molecule has 4 rings (SSSR count). The summed E-state index contributed by atoms with van der Waals surface area (Å²) >= 11 is 6.56. The third-order valence-corrected chi connectivity index (χ3v) is 9.88. The molecule has 0 aliphatic heterocycles. The zero-order chi connectivity index (χ0) is 32.7. The molecule has 0 unspecified atom stereocenters. The summed E-state index contributed by atoms with van der Waals surface area (Å²) in [5.41, 5.74) is 4.42. The van der Waals surface area contributed by atoms with Crippen molar-refractivity contribution in [2.75, 3.05) is 10.8 Å². The third kappa shape index (κ3) is 8.32. The third-order valence-electron chi connectivity index (χ3n) is 7.73. The van der Waals surface area contributed by atoms with E-state index in [1.807, 2.05) is 77.1 Å². The average Bonchev–Trinajstić information content (AvgIpc) is 3.00. The van der Waals surface area contributed by atoms with Gasteiger partial charge in [-0.2, -0.15) is 0 Å². The van der Waals surface area contributed by atoms with Crippen LogP contribution in [0.2, 0.25) is 5.02 Å². The number of hydrogen-bond acceptors (Lipinski definition) is 4. The van der Waals surface area contributed by atoms with Gasteiger partial charge in [-0.3, -0.25) is 13.9 Å². The van der Waals surface area contributed by atoms with Gasteiger partial charge < -0.3 is 10.2 Å². The number of rotatable bonds is 12. The molecule has 236 valence electrons. The molecule has 7 nitrogen and oxygen atoms in total. The number of anilines is 1. The lowest BCUT2D eigenvalue weighted by Crippen LogP contribution is -2.54. The maximum Gasteiger partial charge on any atom is 0.264 e. The summed E-state index contributed by atoms with van der Waals surface area (Å²) in [6.45, 7) is 8.81. The fraction of sp³-hybridized carbons (Fsp3) is 0.278. The Morgan fingerprint density at radius 2 is 1.47 bits per heavy atom. The van der Waals surface area contributed by atoms with E-state index in [9.17, 15) is 18.0 Å². The molecular weight excluding hydrogens is 606 g/mol. The van der Waals surface area contributed by atoms with Crippen molar-refractivity contribution in [3.8, 4) is 0 Å². The van der Waals surface area contributed by atoms with E-state index in [0.29, 0.717) is 16.3 Å². The molecule has 0 aliphatic carbocycles. The molecule has 9 heteroatoms. The van der Waals surface area contributed by atoms with Crippen molar-refractivity contribution in [1.29, 1.82) is 0 Å². The van der Waals surface area contributed by atoms with Gasteiger partial charge in [0, 0.05) is 24.0 Å². The predicted octanol–water partition coefficient (Wildman–Crippen LogP) is 6.63. The second kappa shape index (κ2) is 14.8. The van der Waals surface area contributed by atoms with Gasteiger partial charge in [-0.25, -0.2) is 8.42 Å². The first-order valence-electron chi connectivity index (χ1n) is 14.9. The maximum atomic E-state index is 14.6. The van der Waals surface area contributed by atoms with Crippen LogP contribution in [0.4, 0.5) is 5.69 Å². The van der Waals surface area contributed by atoms with Crippen LogP contribution in [0.3, 0.4) is 0 Å². The lowest BCUT2D eigenvalue weighted by atomic mass is 10.0. The predicted molar refractivity (Wildman–Crippen MR) is 181 cm³/mol. The number of carbonyl (C=O) groups excluding carboxylic acids is 2. The minimum Gasteiger partial charge on any atom is -0.352 e. The molecule has 45 heavy (non-hydrogen) atoms. The molecular formula is C36H40ClN3O4S. The van der Waals surface area contributed by atoms with Crippen LogP contribution in [0.5, 0.6) is 0 Å². The van der Waals surface area contributed by atoms with Crippen molar-refractivity contribution in [1.82, 2.24) is 10.2 Å². The minimum absolute atomic E-state index is 0.00669. The van der Waals surface area contributed by atoms with Gasteiger partial charge in [0.1, 0.15) is 12.6 Å².